The minimum atomic E-state index is -0.760. The number of nitrogens with zero attached hydrogens (tertiary/aromatic N) is 1. The van der Waals surface area contributed by atoms with Gasteiger partial charge >= 0.3 is 0 Å². The minimum Gasteiger partial charge on any atom is -0.490 e. The van der Waals surface area contributed by atoms with Crippen molar-refractivity contribution in [3.63, 3.8) is 0 Å². The maximum Gasteiger partial charge on any atom is 0.127 e. The van der Waals surface area contributed by atoms with Crippen molar-refractivity contribution in [2.45, 2.75) is 35.8 Å². The summed E-state index contributed by atoms with van der Waals surface area (Å²) in [6.07, 6.45) is 13.2. The normalized spacial score (nSPS) is 22.7. The topological polar surface area (TPSA) is 44.7 Å². The zero-order valence-electron chi connectivity index (χ0n) is 19.5. The first-order valence-corrected chi connectivity index (χ1v) is 13.5. The molecule has 0 radical (unpaired) electrons. The van der Waals surface area contributed by atoms with E-state index in [0.717, 1.165) is 50.2 Å². The van der Waals surface area contributed by atoms with Crippen molar-refractivity contribution in [2.24, 2.45) is 0 Å². The molecule has 0 saturated carbocycles. The van der Waals surface area contributed by atoms with Gasteiger partial charge in [0.15, 0.2) is 0 Å². The number of benzene rings is 2. The molecular weight excluding hydrogens is 464 g/mol. The van der Waals surface area contributed by atoms with Gasteiger partial charge in [-0.3, -0.25) is 0 Å². The fourth-order valence-electron chi connectivity index (χ4n) is 5.06. The number of aliphatic hydroxyl groups is 1. The molecular formula is C28H31ClN2O2S. The maximum atomic E-state index is 11.2. The number of likely N-dealkylation sites (tertiary alicyclic amines) is 1. The lowest BCUT2D eigenvalue weighted by atomic mass is 9.84. The van der Waals surface area contributed by atoms with Gasteiger partial charge in [-0.25, -0.2) is 0 Å². The third kappa shape index (κ3) is 4.94. The van der Waals surface area contributed by atoms with Crippen molar-refractivity contribution in [2.75, 3.05) is 32.5 Å². The summed E-state index contributed by atoms with van der Waals surface area (Å²) in [7, 11) is 0. The Morgan fingerprint density at radius 2 is 2.00 bits per heavy atom. The summed E-state index contributed by atoms with van der Waals surface area (Å²) >= 11 is 7.78. The van der Waals surface area contributed by atoms with Crippen molar-refractivity contribution in [3.8, 4) is 5.75 Å². The number of fused-ring (bicyclic) bond motifs is 2. The maximum absolute atomic E-state index is 11.2. The van der Waals surface area contributed by atoms with E-state index in [1.165, 1.54) is 21.6 Å². The van der Waals surface area contributed by atoms with Crippen molar-refractivity contribution in [3.05, 3.63) is 88.6 Å². The van der Waals surface area contributed by atoms with Crippen LogP contribution in [0.15, 0.2) is 77.4 Å². The van der Waals surface area contributed by atoms with Gasteiger partial charge in [-0.1, -0.05) is 35.9 Å². The molecule has 3 heterocycles. The lowest BCUT2D eigenvalue weighted by Crippen LogP contribution is -2.42. The SMILES string of the molecule is CSc1ccc2c(c1)/C(=C/CCN1CCC(O)(c3ccc(Cl)cc3)CC1)C1=CC=CNC1CO2. The molecule has 5 rings (SSSR count). The number of hydrogen-bond acceptors (Lipinski definition) is 5. The Morgan fingerprint density at radius 1 is 1.21 bits per heavy atom. The fraction of sp³-hybridized carbons (Fsp3) is 0.357. The molecule has 1 atom stereocenters. The molecule has 0 amide bonds. The van der Waals surface area contributed by atoms with Crippen LogP contribution >= 0.6 is 23.4 Å². The lowest BCUT2D eigenvalue weighted by molar-refractivity contribution is -0.0254. The number of piperidine rings is 1. The summed E-state index contributed by atoms with van der Waals surface area (Å²) in [5.41, 5.74) is 3.93. The quantitative estimate of drug-likeness (QED) is 0.528. The molecule has 0 bridgehead atoms. The Labute approximate surface area is 211 Å². The molecule has 1 fully saturated rings. The smallest absolute Gasteiger partial charge is 0.127 e. The van der Waals surface area contributed by atoms with Gasteiger partial charge in [0, 0.05) is 35.1 Å². The molecule has 178 valence electrons. The summed E-state index contributed by atoms with van der Waals surface area (Å²) in [5, 5.41) is 15.3. The average Bonchev–Trinajstić information content (AvgIpc) is 3.02. The molecule has 1 unspecified atom stereocenters. The van der Waals surface area contributed by atoms with E-state index in [1.807, 2.05) is 30.5 Å². The van der Waals surface area contributed by atoms with Crippen LogP contribution < -0.4 is 10.1 Å². The zero-order chi connectivity index (χ0) is 23.5. The van der Waals surface area contributed by atoms with Crippen LogP contribution in [-0.2, 0) is 5.60 Å². The van der Waals surface area contributed by atoms with Gasteiger partial charge in [0.25, 0.3) is 0 Å². The van der Waals surface area contributed by atoms with Crippen LogP contribution in [0.3, 0.4) is 0 Å². The first-order valence-electron chi connectivity index (χ1n) is 11.9. The second-order valence-electron chi connectivity index (χ2n) is 9.16. The first-order chi connectivity index (χ1) is 16.6. The Morgan fingerprint density at radius 3 is 2.76 bits per heavy atom. The van der Waals surface area contributed by atoms with Crippen LogP contribution in [0.1, 0.15) is 30.4 Å². The van der Waals surface area contributed by atoms with Gasteiger partial charge in [0.2, 0.25) is 0 Å². The molecule has 0 aromatic heterocycles. The molecule has 34 heavy (non-hydrogen) atoms. The highest BCUT2D eigenvalue weighted by molar-refractivity contribution is 7.98. The van der Waals surface area contributed by atoms with Crippen LogP contribution in [0.5, 0.6) is 5.75 Å². The monoisotopic (exact) mass is 494 g/mol. The van der Waals surface area contributed by atoms with Crippen LogP contribution in [0.25, 0.3) is 5.57 Å². The second-order valence-corrected chi connectivity index (χ2v) is 10.5. The van der Waals surface area contributed by atoms with Crippen LogP contribution in [0.2, 0.25) is 5.02 Å². The van der Waals surface area contributed by atoms with Crippen LogP contribution in [0.4, 0.5) is 0 Å². The molecule has 3 aliphatic rings. The van der Waals surface area contributed by atoms with Crippen molar-refractivity contribution < 1.29 is 9.84 Å². The van der Waals surface area contributed by atoms with Crippen molar-refractivity contribution >= 4 is 28.9 Å². The van der Waals surface area contributed by atoms with Gasteiger partial charge < -0.3 is 20.1 Å². The predicted molar refractivity (Wildman–Crippen MR) is 141 cm³/mol. The van der Waals surface area contributed by atoms with Crippen molar-refractivity contribution in [1.29, 1.82) is 0 Å². The summed E-state index contributed by atoms with van der Waals surface area (Å²) in [6, 6.07) is 14.3. The van der Waals surface area contributed by atoms with Crippen LogP contribution in [0, 0.1) is 0 Å². The average molecular weight is 495 g/mol. The molecule has 2 aromatic rings. The van der Waals surface area contributed by atoms with Crippen molar-refractivity contribution in [1.82, 2.24) is 10.2 Å². The number of nitrogens with one attached hydrogen (secondary N) is 1. The van der Waals surface area contributed by atoms with E-state index in [0.29, 0.717) is 11.6 Å². The number of allylic oxidation sites excluding steroid dienone is 2. The Hall–Kier alpha value is -2.18. The molecule has 0 aliphatic carbocycles. The van der Waals surface area contributed by atoms with E-state index in [-0.39, 0.29) is 6.04 Å². The number of dihydropyridines is 1. The molecule has 4 nitrogen and oxygen atoms in total. The molecule has 6 heteroatoms. The fourth-order valence-corrected chi connectivity index (χ4v) is 5.63. The highest BCUT2D eigenvalue weighted by Gasteiger charge is 2.33. The van der Waals surface area contributed by atoms with E-state index in [9.17, 15) is 5.11 Å². The Balaban J connectivity index is 1.30. The highest BCUT2D eigenvalue weighted by Crippen LogP contribution is 2.39. The van der Waals surface area contributed by atoms with Gasteiger partial charge in [0.05, 0.1) is 11.6 Å². The van der Waals surface area contributed by atoms with E-state index in [1.54, 1.807) is 11.8 Å². The van der Waals surface area contributed by atoms with E-state index in [2.05, 4.69) is 52.9 Å². The van der Waals surface area contributed by atoms with Gasteiger partial charge in [-0.05, 0) is 84.8 Å². The number of halogens is 1. The predicted octanol–water partition coefficient (Wildman–Crippen LogP) is 5.62. The molecule has 2 aromatic carbocycles. The molecule has 2 N–H and O–H groups in total. The molecule has 0 spiro atoms. The Kier molecular flexibility index (Phi) is 7.07. The van der Waals surface area contributed by atoms with E-state index >= 15 is 0 Å². The highest BCUT2D eigenvalue weighted by atomic mass is 35.5. The Bertz CT molecular complexity index is 1120. The van der Waals surface area contributed by atoms with Gasteiger partial charge in [-0.15, -0.1) is 11.8 Å². The first kappa shape index (κ1) is 23.6. The van der Waals surface area contributed by atoms with E-state index in [4.69, 9.17) is 16.3 Å². The number of rotatable bonds is 5. The third-order valence-electron chi connectivity index (χ3n) is 7.10. The number of thioether (sulfide) groups is 1. The summed E-state index contributed by atoms with van der Waals surface area (Å²) in [6.45, 7) is 3.36. The zero-order valence-corrected chi connectivity index (χ0v) is 21.0. The molecule has 1 saturated heterocycles. The van der Waals surface area contributed by atoms with Gasteiger partial charge in [0.1, 0.15) is 12.4 Å². The third-order valence-corrected chi connectivity index (χ3v) is 8.07. The summed E-state index contributed by atoms with van der Waals surface area (Å²) in [4.78, 5) is 3.70. The summed E-state index contributed by atoms with van der Waals surface area (Å²) in [5.74, 6) is 0.951. The van der Waals surface area contributed by atoms with Crippen LogP contribution in [-0.4, -0.2) is 48.5 Å². The lowest BCUT2D eigenvalue weighted by Gasteiger charge is -2.38. The second kappa shape index (κ2) is 10.2. The number of ether oxygens (including phenoxy) is 1. The summed E-state index contributed by atoms with van der Waals surface area (Å²) < 4.78 is 6.18. The number of hydrogen-bond donors (Lipinski definition) is 2. The van der Waals surface area contributed by atoms with E-state index < -0.39 is 5.60 Å². The molecule has 3 aliphatic heterocycles. The van der Waals surface area contributed by atoms with Gasteiger partial charge in [-0.2, -0.15) is 0 Å². The largest absolute Gasteiger partial charge is 0.490 e. The standard InChI is InChI=1S/C28H31ClN2O2S/c1-34-22-10-11-27-25(18-22)23(24-4-2-14-30-26(24)19-33-27)5-3-15-31-16-12-28(32,13-17-31)20-6-8-21(29)9-7-20/h2,4-11,14,18,26,30,32H,3,12-13,15-17,19H2,1H3/b23-5+. The minimum absolute atomic E-state index is 0.158.